The van der Waals surface area contributed by atoms with Gasteiger partial charge in [0.1, 0.15) is 17.5 Å². The van der Waals surface area contributed by atoms with Crippen LogP contribution < -0.4 is 16.2 Å². The Kier molecular flexibility index (Phi) is 4.03. The van der Waals surface area contributed by atoms with Crippen molar-refractivity contribution in [1.82, 2.24) is 9.97 Å². The van der Waals surface area contributed by atoms with E-state index in [0.717, 1.165) is 11.4 Å². The zero-order chi connectivity index (χ0) is 12.3. The maximum atomic E-state index is 9.35. The second-order valence-corrected chi connectivity index (χ2v) is 3.94. The van der Waals surface area contributed by atoms with Crippen LogP contribution in [0.1, 0.15) is 18.3 Å². The first kappa shape index (κ1) is 12.7. The summed E-state index contributed by atoms with van der Waals surface area (Å²) in [7, 11) is 1.88. The third-order valence-corrected chi connectivity index (χ3v) is 2.27. The van der Waals surface area contributed by atoms with E-state index in [1.807, 2.05) is 18.9 Å². The van der Waals surface area contributed by atoms with E-state index in [-0.39, 0.29) is 0 Å². The first-order valence-electron chi connectivity index (χ1n) is 5.16. The molecule has 0 amide bonds. The first-order valence-corrected chi connectivity index (χ1v) is 5.16. The second-order valence-electron chi connectivity index (χ2n) is 3.94. The maximum absolute atomic E-state index is 9.35. The number of aromatic nitrogens is 2. The van der Waals surface area contributed by atoms with Gasteiger partial charge in [-0.25, -0.2) is 15.8 Å². The molecule has 1 aromatic heterocycles. The summed E-state index contributed by atoms with van der Waals surface area (Å²) in [6.45, 7) is 5.95. The van der Waals surface area contributed by atoms with Crippen molar-refractivity contribution in [2.45, 2.75) is 26.9 Å². The normalized spacial score (nSPS) is 12.4. The molecule has 0 aliphatic rings. The molecule has 1 heterocycles. The fourth-order valence-corrected chi connectivity index (χ4v) is 1.61. The van der Waals surface area contributed by atoms with E-state index < -0.39 is 6.10 Å². The third kappa shape index (κ3) is 2.80. The van der Waals surface area contributed by atoms with E-state index in [0.29, 0.717) is 18.2 Å². The Morgan fingerprint density at radius 2 is 2.06 bits per heavy atom. The minimum absolute atomic E-state index is 0.408. The Morgan fingerprint density at radius 3 is 2.56 bits per heavy atom. The molecule has 0 saturated carbocycles. The van der Waals surface area contributed by atoms with Gasteiger partial charge in [-0.15, -0.1) is 0 Å². The molecule has 16 heavy (non-hydrogen) atoms. The molecule has 0 fully saturated rings. The quantitative estimate of drug-likeness (QED) is 0.501. The molecule has 1 atom stereocenters. The molecular weight excluding hydrogens is 206 g/mol. The van der Waals surface area contributed by atoms with Gasteiger partial charge in [0.15, 0.2) is 0 Å². The molecule has 90 valence electrons. The molecular formula is C10H19N5O. The lowest BCUT2D eigenvalue weighted by atomic mass is 10.2. The number of aliphatic hydroxyl groups excluding tert-OH is 1. The smallest absolute Gasteiger partial charge is 0.148 e. The number of nitrogens with two attached hydrogens (primary N) is 1. The van der Waals surface area contributed by atoms with Gasteiger partial charge in [-0.2, -0.15) is 0 Å². The molecule has 4 N–H and O–H groups in total. The van der Waals surface area contributed by atoms with E-state index in [9.17, 15) is 5.11 Å². The van der Waals surface area contributed by atoms with Gasteiger partial charge >= 0.3 is 0 Å². The van der Waals surface area contributed by atoms with Gasteiger partial charge in [0.25, 0.3) is 0 Å². The van der Waals surface area contributed by atoms with Crippen molar-refractivity contribution >= 4 is 11.6 Å². The molecule has 1 unspecified atom stereocenters. The first-order chi connectivity index (χ1) is 7.45. The lowest BCUT2D eigenvalue weighted by Crippen LogP contribution is -2.29. The van der Waals surface area contributed by atoms with Gasteiger partial charge in [0.05, 0.1) is 6.10 Å². The zero-order valence-corrected chi connectivity index (χ0v) is 10.2. The van der Waals surface area contributed by atoms with Crippen LogP contribution in [0.25, 0.3) is 0 Å². The van der Waals surface area contributed by atoms with Gasteiger partial charge in [-0.05, 0) is 20.8 Å². The summed E-state index contributed by atoms with van der Waals surface area (Å²) in [6.07, 6.45) is -0.408. The van der Waals surface area contributed by atoms with Crippen molar-refractivity contribution in [3.63, 3.8) is 0 Å². The minimum atomic E-state index is -0.408. The van der Waals surface area contributed by atoms with Crippen molar-refractivity contribution in [2.24, 2.45) is 5.84 Å². The summed E-state index contributed by atoms with van der Waals surface area (Å²) in [5, 5.41) is 9.35. The van der Waals surface area contributed by atoms with Crippen molar-refractivity contribution < 1.29 is 5.11 Å². The fraction of sp³-hybridized carbons (Fsp3) is 0.600. The van der Waals surface area contributed by atoms with Gasteiger partial charge < -0.3 is 15.4 Å². The number of nitrogens with zero attached hydrogens (tertiary/aromatic N) is 3. The standard InChI is InChI=1S/C10H19N5O/c1-6(16)5-15(4)10-7(2)9(14-11)12-8(3)13-10/h6,16H,5,11H2,1-4H3,(H,12,13,14). The average Bonchev–Trinajstić information content (AvgIpc) is 2.19. The van der Waals surface area contributed by atoms with Crippen LogP contribution >= 0.6 is 0 Å². The molecule has 0 radical (unpaired) electrons. The van der Waals surface area contributed by atoms with Crippen molar-refractivity contribution in [3.8, 4) is 0 Å². The van der Waals surface area contributed by atoms with E-state index in [1.165, 1.54) is 0 Å². The van der Waals surface area contributed by atoms with E-state index in [2.05, 4.69) is 15.4 Å². The topological polar surface area (TPSA) is 87.3 Å². The van der Waals surface area contributed by atoms with Crippen LogP contribution in [-0.2, 0) is 0 Å². The molecule has 6 heteroatoms. The largest absolute Gasteiger partial charge is 0.392 e. The summed E-state index contributed by atoms with van der Waals surface area (Å²) in [5.41, 5.74) is 3.42. The number of rotatable bonds is 4. The molecule has 0 aromatic carbocycles. The highest BCUT2D eigenvalue weighted by Gasteiger charge is 2.13. The predicted molar refractivity (Wildman–Crippen MR) is 64.3 cm³/mol. The number of hydrogen-bond acceptors (Lipinski definition) is 6. The number of hydrogen-bond donors (Lipinski definition) is 3. The lowest BCUT2D eigenvalue weighted by molar-refractivity contribution is 0.201. The maximum Gasteiger partial charge on any atom is 0.148 e. The average molecular weight is 225 g/mol. The number of anilines is 2. The van der Waals surface area contributed by atoms with Gasteiger partial charge in [0.2, 0.25) is 0 Å². The Bertz CT molecular complexity index is 366. The molecule has 0 bridgehead atoms. The Balaban J connectivity index is 3.07. The molecule has 0 aliphatic carbocycles. The van der Waals surface area contributed by atoms with Gasteiger partial charge in [0, 0.05) is 19.2 Å². The van der Waals surface area contributed by atoms with Crippen LogP contribution in [-0.4, -0.2) is 34.8 Å². The van der Waals surface area contributed by atoms with E-state index in [4.69, 9.17) is 5.84 Å². The van der Waals surface area contributed by atoms with Crippen LogP contribution in [0.15, 0.2) is 0 Å². The van der Waals surface area contributed by atoms with Crippen LogP contribution in [0.5, 0.6) is 0 Å². The summed E-state index contributed by atoms with van der Waals surface area (Å²) in [6, 6.07) is 0. The molecule has 0 saturated heterocycles. The molecule has 0 spiro atoms. The highest BCUT2D eigenvalue weighted by Crippen LogP contribution is 2.21. The summed E-state index contributed by atoms with van der Waals surface area (Å²) < 4.78 is 0. The van der Waals surface area contributed by atoms with Crippen LogP contribution in [0, 0.1) is 13.8 Å². The van der Waals surface area contributed by atoms with Crippen molar-refractivity contribution in [1.29, 1.82) is 0 Å². The number of nitrogens with one attached hydrogen (secondary N) is 1. The van der Waals surface area contributed by atoms with E-state index >= 15 is 0 Å². The number of aliphatic hydroxyl groups is 1. The zero-order valence-electron chi connectivity index (χ0n) is 10.2. The predicted octanol–water partition coefficient (Wildman–Crippen LogP) is 0.196. The second kappa shape index (κ2) is 5.09. The van der Waals surface area contributed by atoms with Gasteiger partial charge in [-0.1, -0.05) is 0 Å². The molecule has 6 nitrogen and oxygen atoms in total. The molecule has 0 aliphatic heterocycles. The van der Waals surface area contributed by atoms with E-state index in [1.54, 1.807) is 13.8 Å². The highest BCUT2D eigenvalue weighted by atomic mass is 16.3. The number of likely N-dealkylation sites (N-methyl/N-ethyl adjacent to an activating group) is 1. The summed E-state index contributed by atoms with van der Waals surface area (Å²) >= 11 is 0. The Morgan fingerprint density at radius 1 is 1.44 bits per heavy atom. The highest BCUT2D eigenvalue weighted by molar-refractivity contribution is 5.57. The number of hydrazine groups is 1. The summed E-state index contributed by atoms with van der Waals surface area (Å²) in [5.74, 6) is 7.42. The summed E-state index contributed by atoms with van der Waals surface area (Å²) in [4.78, 5) is 10.4. The van der Waals surface area contributed by atoms with Gasteiger partial charge in [-0.3, -0.25) is 0 Å². The number of aryl methyl sites for hydroxylation is 1. The van der Waals surface area contributed by atoms with Crippen molar-refractivity contribution in [3.05, 3.63) is 11.4 Å². The third-order valence-electron chi connectivity index (χ3n) is 2.27. The molecule has 1 aromatic rings. The van der Waals surface area contributed by atoms with Crippen molar-refractivity contribution in [2.75, 3.05) is 23.9 Å². The van der Waals surface area contributed by atoms with Crippen LogP contribution in [0.3, 0.4) is 0 Å². The Labute approximate surface area is 95.5 Å². The fourth-order valence-electron chi connectivity index (χ4n) is 1.61. The SMILES string of the molecule is Cc1nc(NN)c(C)c(N(C)CC(C)O)n1. The number of nitrogen functional groups attached to an aromatic ring is 1. The van der Waals surface area contributed by atoms with Crippen LogP contribution in [0.4, 0.5) is 11.6 Å². The lowest BCUT2D eigenvalue weighted by Gasteiger charge is -2.22. The van der Waals surface area contributed by atoms with Crippen LogP contribution in [0.2, 0.25) is 0 Å². The monoisotopic (exact) mass is 225 g/mol. The Hall–Kier alpha value is -1.40. The minimum Gasteiger partial charge on any atom is -0.392 e. The molecule has 1 rings (SSSR count).